The Hall–Kier alpha value is -2.69. The maximum absolute atomic E-state index is 12.8. The maximum atomic E-state index is 12.8. The van der Waals surface area contributed by atoms with Crippen LogP contribution >= 0.6 is 0 Å². The molecule has 0 atom stereocenters. The van der Waals surface area contributed by atoms with Crippen LogP contribution in [0.1, 0.15) is 11.1 Å². The van der Waals surface area contributed by atoms with E-state index in [2.05, 4.69) is 5.32 Å². The first-order valence-electron chi connectivity index (χ1n) is 9.51. The van der Waals surface area contributed by atoms with Gasteiger partial charge in [-0.3, -0.25) is 4.79 Å². The lowest BCUT2D eigenvalue weighted by Crippen LogP contribution is -2.47. The van der Waals surface area contributed by atoms with Crippen LogP contribution in [0.2, 0.25) is 0 Å². The number of hydrogen-bond donors (Lipinski definition) is 1. The van der Waals surface area contributed by atoms with E-state index in [1.807, 2.05) is 11.9 Å². The summed E-state index contributed by atoms with van der Waals surface area (Å²) in [5.74, 6) is -0.533. The van der Waals surface area contributed by atoms with Crippen molar-refractivity contribution in [1.29, 1.82) is 0 Å². The Morgan fingerprint density at radius 2 is 1.68 bits per heavy atom. The number of piperazine rings is 1. The molecular formula is C21H22F3N3O3S. The molecule has 1 amide bonds. The molecule has 166 valence electrons. The lowest BCUT2D eigenvalue weighted by molar-refractivity contribution is -0.137. The summed E-state index contributed by atoms with van der Waals surface area (Å²) < 4.78 is 64.9. The van der Waals surface area contributed by atoms with Crippen LogP contribution in [0.15, 0.2) is 59.5 Å². The van der Waals surface area contributed by atoms with Gasteiger partial charge in [0.05, 0.1) is 10.5 Å². The average molecular weight is 453 g/mol. The van der Waals surface area contributed by atoms with Gasteiger partial charge in [-0.25, -0.2) is 8.42 Å². The van der Waals surface area contributed by atoms with E-state index < -0.39 is 27.7 Å². The van der Waals surface area contributed by atoms with Crippen LogP contribution in [0.5, 0.6) is 0 Å². The topological polar surface area (TPSA) is 69.7 Å². The molecule has 10 heteroatoms. The van der Waals surface area contributed by atoms with E-state index in [0.717, 1.165) is 12.1 Å². The molecule has 1 aliphatic rings. The highest BCUT2D eigenvalue weighted by Crippen LogP contribution is 2.29. The van der Waals surface area contributed by atoms with E-state index >= 15 is 0 Å². The van der Waals surface area contributed by atoms with Crippen molar-refractivity contribution >= 4 is 27.7 Å². The first-order chi connectivity index (χ1) is 14.6. The Labute approximate surface area is 179 Å². The highest BCUT2D eigenvalue weighted by Gasteiger charge is 2.30. The van der Waals surface area contributed by atoms with Crippen LogP contribution in [0.3, 0.4) is 0 Å². The molecule has 0 unspecified atom stereocenters. The minimum atomic E-state index is -4.42. The molecule has 0 aromatic heterocycles. The zero-order valence-electron chi connectivity index (χ0n) is 16.8. The number of carbonyl (C=O) groups excluding carboxylic acids is 1. The number of nitrogens with zero attached hydrogens (tertiary/aromatic N) is 2. The fourth-order valence-corrected chi connectivity index (χ4v) is 4.52. The van der Waals surface area contributed by atoms with Crippen LogP contribution in [-0.4, -0.2) is 56.8 Å². The maximum Gasteiger partial charge on any atom is 0.416 e. The Bertz CT molecular complexity index is 1060. The van der Waals surface area contributed by atoms with E-state index in [4.69, 9.17) is 0 Å². The molecule has 2 aromatic carbocycles. The normalized spacial score (nSPS) is 16.5. The van der Waals surface area contributed by atoms with Crippen LogP contribution in [0.25, 0.3) is 6.08 Å². The number of rotatable bonds is 5. The van der Waals surface area contributed by atoms with E-state index in [1.165, 1.54) is 46.8 Å². The van der Waals surface area contributed by atoms with Crippen LogP contribution in [-0.2, 0) is 21.0 Å². The number of amides is 1. The fraction of sp³-hybridized carbons (Fsp3) is 0.286. The molecule has 3 rings (SSSR count). The summed E-state index contributed by atoms with van der Waals surface area (Å²) in [7, 11) is -1.74. The van der Waals surface area contributed by atoms with Crippen LogP contribution in [0.4, 0.5) is 18.9 Å². The SMILES string of the molecule is CN1CCN(S(=O)(=O)c2cccc(NC(=O)C=Cc3ccc(C(F)(F)F)cc3)c2)CC1. The Morgan fingerprint density at radius 3 is 2.29 bits per heavy atom. The van der Waals surface area contributed by atoms with Crippen molar-refractivity contribution in [2.75, 3.05) is 38.5 Å². The third-order valence-electron chi connectivity index (χ3n) is 4.87. The number of anilines is 1. The molecule has 1 aliphatic heterocycles. The number of nitrogens with one attached hydrogen (secondary N) is 1. The predicted molar refractivity (Wildman–Crippen MR) is 112 cm³/mol. The monoisotopic (exact) mass is 453 g/mol. The van der Waals surface area contributed by atoms with E-state index in [9.17, 15) is 26.4 Å². The lowest BCUT2D eigenvalue weighted by Gasteiger charge is -2.31. The number of alkyl halides is 3. The van der Waals surface area contributed by atoms with Gasteiger partial charge in [-0.05, 0) is 49.0 Å². The molecule has 31 heavy (non-hydrogen) atoms. The Balaban J connectivity index is 1.66. The number of carbonyl (C=O) groups is 1. The van der Waals surface area contributed by atoms with Crippen LogP contribution in [0, 0.1) is 0 Å². The van der Waals surface area contributed by atoms with Crippen molar-refractivity contribution < 1.29 is 26.4 Å². The van der Waals surface area contributed by atoms with Gasteiger partial charge in [-0.2, -0.15) is 17.5 Å². The van der Waals surface area contributed by atoms with Gasteiger partial charge in [0.1, 0.15) is 0 Å². The van der Waals surface area contributed by atoms with Gasteiger partial charge in [0.2, 0.25) is 15.9 Å². The zero-order valence-corrected chi connectivity index (χ0v) is 17.6. The lowest BCUT2D eigenvalue weighted by atomic mass is 10.1. The molecule has 2 aromatic rings. The van der Waals surface area contributed by atoms with Gasteiger partial charge < -0.3 is 10.2 Å². The molecule has 1 fully saturated rings. The van der Waals surface area contributed by atoms with Crippen molar-refractivity contribution in [3.05, 3.63) is 65.7 Å². The van der Waals surface area contributed by atoms with Gasteiger partial charge in [0.25, 0.3) is 0 Å². The van der Waals surface area contributed by atoms with Crippen molar-refractivity contribution in [3.8, 4) is 0 Å². The third-order valence-corrected chi connectivity index (χ3v) is 6.76. The Kier molecular flexibility index (Phi) is 6.83. The smallest absolute Gasteiger partial charge is 0.322 e. The van der Waals surface area contributed by atoms with Gasteiger partial charge in [0.15, 0.2) is 0 Å². The fourth-order valence-electron chi connectivity index (χ4n) is 3.05. The first kappa shape index (κ1) is 23.0. The van der Waals surface area contributed by atoms with E-state index in [-0.39, 0.29) is 4.90 Å². The van der Waals surface area contributed by atoms with Gasteiger partial charge >= 0.3 is 6.18 Å². The minimum absolute atomic E-state index is 0.0848. The van der Waals surface area contributed by atoms with Crippen molar-refractivity contribution in [1.82, 2.24) is 9.21 Å². The quantitative estimate of drug-likeness (QED) is 0.706. The highest BCUT2D eigenvalue weighted by atomic mass is 32.2. The van der Waals surface area contributed by atoms with Gasteiger partial charge in [0, 0.05) is 37.9 Å². The van der Waals surface area contributed by atoms with Crippen molar-refractivity contribution in [3.63, 3.8) is 0 Å². The second-order valence-electron chi connectivity index (χ2n) is 7.18. The summed E-state index contributed by atoms with van der Waals surface area (Å²) in [4.78, 5) is 14.3. The average Bonchev–Trinajstić information content (AvgIpc) is 2.72. The molecule has 1 saturated heterocycles. The zero-order chi connectivity index (χ0) is 22.6. The Morgan fingerprint density at radius 1 is 1.03 bits per heavy atom. The predicted octanol–water partition coefficient (Wildman–Crippen LogP) is 3.29. The summed E-state index contributed by atoms with van der Waals surface area (Å²) in [5, 5.41) is 2.57. The third kappa shape index (κ3) is 5.93. The molecule has 1 heterocycles. The van der Waals surface area contributed by atoms with Crippen molar-refractivity contribution in [2.24, 2.45) is 0 Å². The molecule has 0 radical (unpaired) electrons. The second kappa shape index (κ2) is 9.21. The molecule has 0 saturated carbocycles. The summed E-state index contributed by atoms with van der Waals surface area (Å²) in [6.45, 7) is 2.07. The molecule has 0 bridgehead atoms. The minimum Gasteiger partial charge on any atom is -0.322 e. The molecular weight excluding hydrogens is 431 g/mol. The number of hydrogen-bond acceptors (Lipinski definition) is 4. The summed E-state index contributed by atoms with van der Waals surface area (Å²) in [6.07, 6.45) is -1.88. The van der Waals surface area contributed by atoms with Crippen LogP contribution < -0.4 is 5.32 Å². The molecule has 0 aliphatic carbocycles. The van der Waals surface area contributed by atoms with Gasteiger partial charge in [-0.15, -0.1) is 0 Å². The number of halogens is 3. The second-order valence-corrected chi connectivity index (χ2v) is 9.12. The van der Waals surface area contributed by atoms with Gasteiger partial charge in [-0.1, -0.05) is 18.2 Å². The summed E-state index contributed by atoms with van der Waals surface area (Å²) in [6, 6.07) is 10.4. The number of sulfonamides is 1. The van der Waals surface area contributed by atoms with Crippen molar-refractivity contribution in [2.45, 2.75) is 11.1 Å². The summed E-state index contributed by atoms with van der Waals surface area (Å²) >= 11 is 0. The molecule has 1 N–H and O–H groups in total. The first-order valence-corrected chi connectivity index (χ1v) is 10.9. The largest absolute Gasteiger partial charge is 0.416 e. The summed E-state index contributed by atoms with van der Waals surface area (Å²) in [5.41, 5.74) is -0.0423. The van der Waals surface area contributed by atoms with E-state index in [1.54, 1.807) is 6.07 Å². The van der Waals surface area contributed by atoms with E-state index in [0.29, 0.717) is 37.4 Å². The standard InChI is InChI=1S/C21H22F3N3O3S/c1-26-11-13-27(14-12-26)31(29,30)19-4-2-3-18(15-19)25-20(28)10-7-16-5-8-17(9-6-16)21(22,23)24/h2-10,15H,11-14H2,1H3,(H,25,28). The highest BCUT2D eigenvalue weighted by molar-refractivity contribution is 7.89. The number of likely N-dealkylation sites (N-methyl/N-ethyl adjacent to an activating group) is 1. The number of benzene rings is 2. The molecule has 0 spiro atoms. The molecule has 6 nitrogen and oxygen atoms in total.